The number of para-hydroxylation sites is 2. The number of hydrogen-bond acceptors (Lipinski definition) is 3. The average molecular weight is 381 g/mol. The zero-order valence-corrected chi connectivity index (χ0v) is 16.6. The molecule has 2 aliphatic heterocycles. The third-order valence-electron chi connectivity index (χ3n) is 6.12. The standard InChI is InChI=1S/C23H28FN3O/c1-17-7-5-6-14-25(17)18(2)23(28)27-16-15-26(20-12-10-19(24)11-13-20)21-8-3-4-9-22(21)27/h3-4,8-13,17-18H,5-7,14-16H2,1-2H3/t17-,18?/m1/s1. The summed E-state index contributed by atoms with van der Waals surface area (Å²) in [6.07, 6.45) is 3.57. The van der Waals surface area contributed by atoms with E-state index in [4.69, 9.17) is 0 Å². The maximum Gasteiger partial charge on any atom is 0.244 e. The minimum absolute atomic E-state index is 0.124. The molecule has 5 heteroatoms. The van der Waals surface area contributed by atoms with Gasteiger partial charge in [0.2, 0.25) is 5.91 Å². The smallest absolute Gasteiger partial charge is 0.244 e. The van der Waals surface area contributed by atoms with Gasteiger partial charge < -0.3 is 9.80 Å². The summed E-state index contributed by atoms with van der Waals surface area (Å²) in [6, 6.07) is 14.9. The van der Waals surface area contributed by atoms with Crippen LogP contribution < -0.4 is 9.80 Å². The number of likely N-dealkylation sites (tertiary alicyclic amines) is 1. The summed E-state index contributed by atoms with van der Waals surface area (Å²) in [4.78, 5) is 19.8. The number of amides is 1. The van der Waals surface area contributed by atoms with Crippen LogP contribution in [-0.2, 0) is 4.79 Å². The van der Waals surface area contributed by atoms with Crippen molar-refractivity contribution in [3.8, 4) is 0 Å². The Kier molecular flexibility index (Phi) is 5.36. The van der Waals surface area contributed by atoms with Crippen molar-refractivity contribution in [1.82, 2.24) is 4.90 Å². The summed E-state index contributed by atoms with van der Waals surface area (Å²) in [5.74, 6) is -0.0738. The molecule has 28 heavy (non-hydrogen) atoms. The molecule has 4 nitrogen and oxygen atoms in total. The number of anilines is 3. The Morgan fingerprint density at radius 3 is 2.43 bits per heavy atom. The minimum Gasteiger partial charge on any atom is -0.338 e. The molecule has 4 rings (SSSR count). The fourth-order valence-electron chi connectivity index (χ4n) is 4.54. The quantitative estimate of drug-likeness (QED) is 0.779. The highest BCUT2D eigenvalue weighted by Crippen LogP contribution is 2.38. The highest BCUT2D eigenvalue weighted by molar-refractivity contribution is 6.01. The van der Waals surface area contributed by atoms with Gasteiger partial charge >= 0.3 is 0 Å². The first-order valence-electron chi connectivity index (χ1n) is 10.3. The van der Waals surface area contributed by atoms with Gasteiger partial charge in [-0.25, -0.2) is 4.39 Å². The predicted molar refractivity (Wildman–Crippen MR) is 112 cm³/mol. The summed E-state index contributed by atoms with van der Waals surface area (Å²) >= 11 is 0. The Morgan fingerprint density at radius 2 is 1.71 bits per heavy atom. The number of halogens is 1. The second-order valence-electron chi connectivity index (χ2n) is 7.87. The van der Waals surface area contributed by atoms with E-state index < -0.39 is 0 Å². The maximum atomic E-state index is 13.4. The highest BCUT2D eigenvalue weighted by atomic mass is 19.1. The van der Waals surface area contributed by atoms with Crippen molar-refractivity contribution in [2.24, 2.45) is 0 Å². The number of benzene rings is 2. The van der Waals surface area contributed by atoms with E-state index >= 15 is 0 Å². The lowest BCUT2D eigenvalue weighted by Crippen LogP contribution is -2.54. The number of carbonyl (C=O) groups is 1. The zero-order chi connectivity index (χ0) is 19.7. The van der Waals surface area contributed by atoms with Crippen molar-refractivity contribution in [1.29, 1.82) is 0 Å². The molecule has 2 aromatic carbocycles. The molecule has 2 heterocycles. The molecule has 0 saturated carbocycles. The summed E-state index contributed by atoms with van der Waals surface area (Å²) < 4.78 is 13.3. The molecule has 2 atom stereocenters. The lowest BCUT2D eigenvalue weighted by atomic mass is 10.0. The first-order valence-corrected chi connectivity index (χ1v) is 10.3. The lowest BCUT2D eigenvalue weighted by Gasteiger charge is -2.42. The lowest BCUT2D eigenvalue weighted by molar-refractivity contribution is -0.124. The van der Waals surface area contributed by atoms with Gasteiger partial charge in [-0.2, -0.15) is 0 Å². The van der Waals surface area contributed by atoms with Crippen molar-refractivity contribution in [3.63, 3.8) is 0 Å². The second kappa shape index (κ2) is 7.92. The van der Waals surface area contributed by atoms with Crippen LogP contribution in [0.5, 0.6) is 0 Å². The van der Waals surface area contributed by atoms with Crippen LogP contribution in [0.2, 0.25) is 0 Å². The van der Waals surface area contributed by atoms with Crippen LogP contribution in [0.1, 0.15) is 33.1 Å². The van der Waals surface area contributed by atoms with Crippen LogP contribution in [0.3, 0.4) is 0 Å². The van der Waals surface area contributed by atoms with E-state index in [0.717, 1.165) is 36.4 Å². The predicted octanol–water partition coefficient (Wildman–Crippen LogP) is 4.57. The highest BCUT2D eigenvalue weighted by Gasteiger charge is 2.34. The molecule has 1 amide bonds. The zero-order valence-electron chi connectivity index (χ0n) is 16.6. The number of nitrogens with zero attached hydrogens (tertiary/aromatic N) is 3. The fourth-order valence-corrected chi connectivity index (χ4v) is 4.54. The van der Waals surface area contributed by atoms with Crippen LogP contribution in [0.4, 0.5) is 21.5 Å². The van der Waals surface area contributed by atoms with Crippen molar-refractivity contribution < 1.29 is 9.18 Å². The third kappa shape index (κ3) is 3.51. The molecular weight excluding hydrogens is 353 g/mol. The van der Waals surface area contributed by atoms with Gasteiger partial charge in [-0.1, -0.05) is 18.6 Å². The molecule has 1 fully saturated rings. The van der Waals surface area contributed by atoms with Crippen LogP contribution in [0.15, 0.2) is 48.5 Å². The number of carbonyl (C=O) groups excluding carboxylic acids is 1. The number of piperidine rings is 1. The Hall–Kier alpha value is -2.40. The minimum atomic E-state index is -0.240. The monoisotopic (exact) mass is 381 g/mol. The van der Waals surface area contributed by atoms with Crippen LogP contribution in [0.25, 0.3) is 0 Å². The van der Waals surface area contributed by atoms with E-state index in [-0.39, 0.29) is 17.8 Å². The van der Waals surface area contributed by atoms with E-state index in [1.807, 2.05) is 36.1 Å². The molecule has 148 valence electrons. The first-order chi connectivity index (χ1) is 13.6. The maximum absolute atomic E-state index is 13.4. The number of hydrogen-bond donors (Lipinski definition) is 0. The molecule has 0 radical (unpaired) electrons. The molecule has 2 aliphatic rings. The van der Waals surface area contributed by atoms with E-state index in [1.54, 1.807) is 12.1 Å². The number of fused-ring (bicyclic) bond motifs is 1. The molecule has 0 N–H and O–H groups in total. The number of rotatable bonds is 3. The van der Waals surface area contributed by atoms with Crippen LogP contribution in [-0.4, -0.2) is 42.5 Å². The molecule has 0 spiro atoms. The first kappa shape index (κ1) is 18.9. The van der Waals surface area contributed by atoms with E-state index in [2.05, 4.69) is 16.7 Å². The fraction of sp³-hybridized carbons (Fsp3) is 0.435. The van der Waals surface area contributed by atoms with E-state index in [0.29, 0.717) is 19.1 Å². The molecule has 1 saturated heterocycles. The SMILES string of the molecule is CC(C(=O)N1CCN(c2ccc(F)cc2)c2ccccc21)N1CCCC[C@H]1C. The summed E-state index contributed by atoms with van der Waals surface area (Å²) in [5, 5.41) is 0. The average Bonchev–Trinajstić information content (AvgIpc) is 2.73. The Bertz CT molecular complexity index is 838. The van der Waals surface area contributed by atoms with Gasteiger partial charge in [0, 0.05) is 24.8 Å². The van der Waals surface area contributed by atoms with Gasteiger partial charge in [0.05, 0.1) is 17.4 Å². The van der Waals surface area contributed by atoms with Crippen LogP contribution >= 0.6 is 0 Å². The van der Waals surface area contributed by atoms with E-state index in [9.17, 15) is 9.18 Å². The van der Waals surface area contributed by atoms with Crippen molar-refractivity contribution in [2.45, 2.75) is 45.2 Å². The Balaban J connectivity index is 1.61. The molecular formula is C23H28FN3O. The van der Waals surface area contributed by atoms with Crippen LogP contribution in [0, 0.1) is 5.82 Å². The van der Waals surface area contributed by atoms with Gasteiger partial charge in [-0.3, -0.25) is 9.69 Å². The van der Waals surface area contributed by atoms with Crippen molar-refractivity contribution >= 4 is 23.0 Å². The largest absolute Gasteiger partial charge is 0.338 e. The summed E-state index contributed by atoms with van der Waals surface area (Å²) in [6.45, 7) is 6.57. The molecule has 0 aliphatic carbocycles. The Labute approximate surface area is 166 Å². The van der Waals surface area contributed by atoms with E-state index in [1.165, 1.54) is 18.6 Å². The van der Waals surface area contributed by atoms with Gasteiger partial charge in [0.15, 0.2) is 0 Å². The normalized spacial score (nSPS) is 21.3. The Morgan fingerprint density at radius 1 is 1.00 bits per heavy atom. The van der Waals surface area contributed by atoms with Gasteiger partial charge in [-0.15, -0.1) is 0 Å². The molecule has 2 aromatic rings. The van der Waals surface area contributed by atoms with Crippen molar-refractivity contribution in [3.05, 3.63) is 54.3 Å². The molecule has 0 aromatic heterocycles. The summed E-state index contributed by atoms with van der Waals surface area (Å²) in [7, 11) is 0. The third-order valence-corrected chi connectivity index (χ3v) is 6.12. The van der Waals surface area contributed by atoms with Gasteiger partial charge in [0.1, 0.15) is 5.82 Å². The summed E-state index contributed by atoms with van der Waals surface area (Å²) in [5.41, 5.74) is 2.87. The second-order valence-corrected chi connectivity index (χ2v) is 7.87. The topological polar surface area (TPSA) is 26.8 Å². The van der Waals surface area contributed by atoms with Crippen molar-refractivity contribution in [2.75, 3.05) is 29.4 Å². The van der Waals surface area contributed by atoms with Gasteiger partial charge in [-0.05, 0) is 69.6 Å². The molecule has 0 bridgehead atoms. The van der Waals surface area contributed by atoms with Gasteiger partial charge in [0.25, 0.3) is 0 Å². The molecule has 1 unspecified atom stereocenters.